The number of hydrogen-bond donors (Lipinski definition) is 1. The van der Waals surface area contributed by atoms with Crippen molar-refractivity contribution in [3.8, 4) is 5.88 Å². The zero-order chi connectivity index (χ0) is 15.4. The molecular formula is C13H14ClN5O2. The maximum atomic E-state index is 12.2. The van der Waals surface area contributed by atoms with E-state index in [4.69, 9.17) is 16.3 Å². The lowest BCUT2D eigenvalue weighted by Gasteiger charge is -2.19. The molecule has 0 spiro atoms. The standard InChI is InChI=1S/C13H14ClN5O2/c1-19(2)9-4-5-16-13(21-3)11(9)18-12(20)8-6-15-7-10(14)17-8/h4-7H,1-3H3,(H,18,20). The van der Waals surface area contributed by atoms with Crippen molar-refractivity contribution in [2.75, 3.05) is 31.4 Å². The number of amides is 1. The first kappa shape index (κ1) is 15.0. The SMILES string of the molecule is COc1nccc(N(C)C)c1NC(=O)c1cncc(Cl)n1. The molecule has 7 nitrogen and oxygen atoms in total. The third kappa shape index (κ3) is 3.38. The third-order valence-electron chi connectivity index (χ3n) is 2.65. The molecular weight excluding hydrogens is 294 g/mol. The van der Waals surface area contributed by atoms with Crippen LogP contribution in [0.1, 0.15) is 10.5 Å². The summed E-state index contributed by atoms with van der Waals surface area (Å²) in [6.07, 6.45) is 4.29. The molecule has 0 bridgehead atoms. The highest BCUT2D eigenvalue weighted by molar-refractivity contribution is 6.29. The van der Waals surface area contributed by atoms with Crippen LogP contribution in [0.2, 0.25) is 5.15 Å². The Morgan fingerprint density at radius 2 is 2.14 bits per heavy atom. The van der Waals surface area contributed by atoms with E-state index >= 15 is 0 Å². The Kier molecular flexibility index (Phi) is 4.54. The first-order valence-electron chi connectivity index (χ1n) is 6.02. The summed E-state index contributed by atoms with van der Waals surface area (Å²) in [4.78, 5) is 25.9. The summed E-state index contributed by atoms with van der Waals surface area (Å²) in [6.45, 7) is 0. The summed E-state index contributed by atoms with van der Waals surface area (Å²) in [5.74, 6) is -0.135. The van der Waals surface area contributed by atoms with Gasteiger partial charge in [-0.3, -0.25) is 9.78 Å². The Labute approximate surface area is 126 Å². The first-order chi connectivity index (χ1) is 10.0. The second-order valence-electron chi connectivity index (χ2n) is 4.29. The fourth-order valence-corrected chi connectivity index (χ4v) is 1.85. The Hall–Kier alpha value is -2.41. The van der Waals surface area contributed by atoms with Crippen LogP contribution in [0, 0.1) is 0 Å². The summed E-state index contributed by atoms with van der Waals surface area (Å²) < 4.78 is 5.18. The van der Waals surface area contributed by atoms with E-state index < -0.39 is 5.91 Å². The van der Waals surface area contributed by atoms with Gasteiger partial charge in [0.1, 0.15) is 16.5 Å². The predicted molar refractivity (Wildman–Crippen MR) is 80.1 cm³/mol. The maximum Gasteiger partial charge on any atom is 0.276 e. The van der Waals surface area contributed by atoms with Crippen LogP contribution in [0.5, 0.6) is 5.88 Å². The number of ether oxygens (including phenoxy) is 1. The van der Waals surface area contributed by atoms with E-state index in [1.54, 1.807) is 12.3 Å². The molecule has 21 heavy (non-hydrogen) atoms. The van der Waals surface area contributed by atoms with Crippen molar-refractivity contribution in [1.82, 2.24) is 15.0 Å². The molecule has 1 amide bonds. The number of pyridine rings is 1. The fourth-order valence-electron chi connectivity index (χ4n) is 1.71. The Bertz CT molecular complexity index is 663. The van der Waals surface area contributed by atoms with Crippen LogP contribution >= 0.6 is 11.6 Å². The van der Waals surface area contributed by atoms with Crippen molar-refractivity contribution >= 4 is 28.9 Å². The molecule has 8 heteroatoms. The number of nitrogens with zero attached hydrogens (tertiary/aromatic N) is 4. The van der Waals surface area contributed by atoms with Crippen LogP contribution in [0.25, 0.3) is 0 Å². The summed E-state index contributed by atoms with van der Waals surface area (Å²) in [7, 11) is 5.18. The van der Waals surface area contributed by atoms with Gasteiger partial charge in [-0.05, 0) is 6.07 Å². The van der Waals surface area contributed by atoms with Gasteiger partial charge in [-0.2, -0.15) is 0 Å². The number of nitrogens with one attached hydrogen (secondary N) is 1. The zero-order valence-electron chi connectivity index (χ0n) is 11.8. The fraction of sp³-hybridized carbons (Fsp3) is 0.231. The van der Waals surface area contributed by atoms with E-state index in [1.165, 1.54) is 19.5 Å². The number of methoxy groups -OCH3 is 1. The largest absolute Gasteiger partial charge is 0.479 e. The lowest BCUT2D eigenvalue weighted by Crippen LogP contribution is -2.19. The van der Waals surface area contributed by atoms with Crippen molar-refractivity contribution < 1.29 is 9.53 Å². The Morgan fingerprint density at radius 1 is 1.38 bits per heavy atom. The number of anilines is 2. The Balaban J connectivity index is 2.36. The minimum atomic E-state index is -0.445. The molecule has 0 radical (unpaired) electrons. The molecule has 1 N–H and O–H groups in total. The smallest absolute Gasteiger partial charge is 0.276 e. The van der Waals surface area contributed by atoms with Crippen molar-refractivity contribution in [2.45, 2.75) is 0 Å². The molecule has 0 aliphatic rings. The van der Waals surface area contributed by atoms with Gasteiger partial charge < -0.3 is 15.0 Å². The molecule has 0 aliphatic carbocycles. The topological polar surface area (TPSA) is 80.2 Å². The Morgan fingerprint density at radius 3 is 2.76 bits per heavy atom. The molecule has 0 fully saturated rings. The lowest BCUT2D eigenvalue weighted by atomic mass is 10.3. The van der Waals surface area contributed by atoms with Crippen molar-refractivity contribution in [3.05, 3.63) is 35.5 Å². The molecule has 2 rings (SSSR count). The van der Waals surface area contributed by atoms with E-state index in [1.807, 2.05) is 19.0 Å². The third-order valence-corrected chi connectivity index (χ3v) is 2.83. The molecule has 2 aromatic heterocycles. The average Bonchev–Trinajstić information content (AvgIpc) is 2.47. The second kappa shape index (κ2) is 6.36. The minimum absolute atomic E-state index is 0.109. The van der Waals surface area contributed by atoms with Crippen LogP contribution in [0.4, 0.5) is 11.4 Å². The van der Waals surface area contributed by atoms with E-state index in [2.05, 4.69) is 20.3 Å². The average molecular weight is 308 g/mol. The van der Waals surface area contributed by atoms with Crippen LogP contribution < -0.4 is 15.0 Å². The molecule has 0 atom stereocenters. The molecule has 0 aromatic carbocycles. The van der Waals surface area contributed by atoms with Gasteiger partial charge >= 0.3 is 0 Å². The first-order valence-corrected chi connectivity index (χ1v) is 6.40. The van der Waals surface area contributed by atoms with Crippen LogP contribution in [-0.4, -0.2) is 42.1 Å². The van der Waals surface area contributed by atoms with Gasteiger partial charge in [0.25, 0.3) is 5.91 Å². The highest BCUT2D eigenvalue weighted by Gasteiger charge is 2.17. The van der Waals surface area contributed by atoms with Gasteiger partial charge in [0.05, 0.1) is 25.2 Å². The maximum absolute atomic E-state index is 12.2. The molecule has 110 valence electrons. The van der Waals surface area contributed by atoms with Gasteiger partial charge in [0, 0.05) is 20.3 Å². The van der Waals surface area contributed by atoms with Crippen LogP contribution in [0.3, 0.4) is 0 Å². The van der Waals surface area contributed by atoms with E-state index in [0.717, 1.165) is 5.69 Å². The minimum Gasteiger partial charge on any atom is -0.479 e. The number of halogens is 1. The molecule has 0 saturated heterocycles. The molecule has 0 unspecified atom stereocenters. The quantitative estimate of drug-likeness (QED) is 0.928. The van der Waals surface area contributed by atoms with Gasteiger partial charge in [-0.15, -0.1) is 0 Å². The summed E-state index contributed by atoms with van der Waals surface area (Å²) in [5.41, 5.74) is 1.32. The summed E-state index contributed by atoms with van der Waals surface area (Å²) >= 11 is 5.73. The van der Waals surface area contributed by atoms with Crippen molar-refractivity contribution in [2.24, 2.45) is 0 Å². The highest BCUT2D eigenvalue weighted by Crippen LogP contribution is 2.32. The monoisotopic (exact) mass is 307 g/mol. The van der Waals surface area contributed by atoms with E-state index in [0.29, 0.717) is 11.6 Å². The van der Waals surface area contributed by atoms with E-state index in [9.17, 15) is 4.79 Å². The van der Waals surface area contributed by atoms with Gasteiger partial charge in [-0.25, -0.2) is 9.97 Å². The van der Waals surface area contributed by atoms with Crippen molar-refractivity contribution in [1.29, 1.82) is 0 Å². The molecule has 0 saturated carbocycles. The molecule has 2 heterocycles. The zero-order valence-corrected chi connectivity index (χ0v) is 12.5. The number of carbonyl (C=O) groups excluding carboxylic acids is 1. The van der Waals surface area contributed by atoms with Gasteiger partial charge in [-0.1, -0.05) is 11.6 Å². The van der Waals surface area contributed by atoms with Gasteiger partial charge in [0.2, 0.25) is 5.88 Å². The van der Waals surface area contributed by atoms with Gasteiger partial charge in [0.15, 0.2) is 0 Å². The van der Waals surface area contributed by atoms with Crippen LogP contribution in [-0.2, 0) is 0 Å². The van der Waals surface area contributed by atoms with Crippen LogP contribution in [0.15, 0.2) is 24.7 Å². The lowest BCUT2D eigenvalue weighted by molar-refractivity contribution is 0.102. The number of hydrogen-bond acceptors (Lipinski definition) is 6. The van der Waals surface area contributed by atoms with Crippen molar-refractivity contribution in [3.63, 3.8) is 0 Å². The highest BCUT2D eigenvalue weighted by atomic mass is 35.5. The second-order valence-corrected chi connectivity index (χ2v) is 4.68. The number of carbonyl (C=O) groups is 1. The molecule has 0 aliphatic heterocycles. The predicted octanol–water partition coefficient (Wildman–Crippen LogP) is 1.85. The summed E-state index contributed by atoms with van der Waals surface area (Å²) in [5, 5.41) is 2.87. The summed E-state index contributed by atoms with van der Waals surface area (Å²) in [6, 6.07) is 1.77. The normalized spacial score (nSPS) is 10.1. The molecule has 2 aromatic rings. The number of rotatable bonds is 4. The van der Waals surface area contributed by atoms with E-state index in [-0.39, 0.29) is 10.8 Å². The number of aromatic nitrogens is 3.